The average Bonchev–Trinajstić information content (AvgIpc) is 3.06. The summed E-state index contributed by atoms with van der Waals surface area (Å²) in [5.74, 6) is -0.428. The smallest absolute Gasteiger partial charge is 0.310 e. The number of fused-ring (bicyclic) bond motifs is 1. The highest BCUT2D eigenvalue weighted by Crippen LogP contribution is 2.29. The monoisotopic (exact) mass is 378 g/mol. The first-order valence-corrected chi connectivity index (χ1v) is 8.74. The largest absolute Gasteiger partial charge is 0.417 e. The zero-order valence-corrected chi connectivity index (χ0v) is 14.2. The highest BCUT2D eigenvalue weighted by Gasteiger charge is 2.30. The van der Waals surface area contributed by atoms with Crippen LogP contribution in [0.5, 0.6) is 0 Å². The molecule has 0 radical (unpaired) electrons. The highest BCUT2D eigenvalue weighted by atomic mass is 32.2. The molecule has 0 atom stereocenters. The van der Waals surface area contributed by atoms with E-state index in [9.17, 15) is 23.2 Å². The van der Waals surface area contributed by atoms with Gasteiger partial charge in [0.2, 0.25) is 5.91 Å². The van der Waals surface area contributed by atoms with Crippen molar-refractivity contribution >= 4 is 23.5 Å². The molecule has 3 rings (SSSR count). The summed E-state index contributed by atoms with van der Waals surface area (Å²) < 4.78 is 37.5. The van der Waals surface area contributed by atoms with Gasteiger partial charge in [0.1, 0.15) is 16.9 Å². The third kappa shape index (κ3) is 4.14. The van der Waals surface area contributed by atoms with Gasteiger partial charge in [-0.25, -0.2) is 9.97 Å². The molecule has 26 heavy (non-hydrogen) atoms. The van der Waals surface area contributed by atoms with Gasteiger partial charge in [-0.15, -0.1) is 0 Å². The lowest BCUT2D eigenvalue weighted by Crippen LogP contribution is -2.16. The Bertz CT molecular complexity index is 875. The Morgan fingerprint density at radius 2 is 2.15 bits per heavy atom. The van der Waals surface area contributed by atoms with E-state index in [-0.39, 0.29) is 11.6 Å². The maximum Gasteiger partial charge on any atom is 0.417 e. The first-order valence-electron chi connectivity index (χ1n) is 7.75. The molecule has 2 aromatic heterocycles. The molecular formula is C17H13F3N4OS. The molecule has 0 aliphatic heterocycles. The quantitative estimate of drug-likeness (QED) is 0.823. The number of hydrogen-bond acceptors (Lipinski definition) is 5. The summed E-state index contributed by atoms with van der Waals surface area (Å²) in [6, 6.07) is 5.85. The minimum absolute atomic E-state index is 0.0246. The fraction of sp³-hybridized carbons (Fsp3) is 0.294. The van der Waals surface area contributed by atoms with Gasteiger partial charge < -0.3 is 5.32 Å². The van der Waals surface area contributed by atoms with Crippen molar-refractivity contribution in [3.05, 3.63) is 46.8 Å². The Morgan fingerprint density at radius 3 is 2.81 bits per heavy atom. The highest BCUT2D eigenvalue weighted by molar-refractivity contribution is 8.00. The van der Waals surface area contributed by atoms with E-state index >= 15 is 0 Å². The summed E-state index contributed by atoms with van der Waals surface area (Å²) in [4.78, 5) is 20.0. The van der Waals surface area contributed by atoms with Crippen molar-refractivity contribution in [1.29, 1.82) is 5.26 Å². The number of pyridine rings is 2. The number of anilines is 1. The molecule has 9 heteroatoms. The lowest BCUT2D eigenvalue weighted by Gasteiger charge is -2.09. The summed E-state index contributed by atoms with van der Waals surface area (Å²) in [5, 5.41) is 12.2. The van der Waals surface area contributed by atoms with Crippen molar-refractivity contribution in [2.24, 2.45) is 0 Å². The molecule has 5 nitrogen and oxygen atoms in total. The predicted octanol–water partition coefficient (Wildman–Crippen LogP) is 3.59. The molecule has 0 spiro atoms. The number of halogens is 3. The molecule has 2 heterocycles. The number of alkyl halides is 3. The van der Waals surface area contributed by atoms with Gasteiger partial charge >= 0.3 is 6.18 Å². The van der Waals surface area contributed by atoms with Crippen LogP contribution >= 0.6 is 11.8 Å². The predicted molar refractivity (Wildman–Crippen MR) is 89.6 cm³/mol. The number of nitrogens with one attached hydrogen (secondary N) is 1. The Balaban J connectivity index is 1.62. The van der Waals surface area contributed by atoms with Gasteiger partial charge in [0.15, 0.2) is 0 Å². The molecule has 0 unspecified atom stereocenters. The van der Waals surface area contributed by atoms with Crippen LogP contribution < -0.4 is 5.32 Å². The molecule has 1 aliphatic carbocycles. The summed E-state index contributed by atoms with van der Waals surface area (Å²) >= 11 is 1.12. The number of amides is 1. The summed E-state index contributed by atoms with van der Waals surface area (Å²) in [5.41, 5.74) is 1.57. The zero-order chi connectivity index (χ0) is 18.7. The number of carbonyl (C=O) groups excluding carboxylic acids is 1. The van der Waals surface area contributed by atoms with E-state index in [1.54, 1.807) is 0 Å². The van der Waals surface area contributed by atoms with Crippen molar-refractivity contribution < 1.29 is 18.0 Å². The zero-order valence-electron chi connectivity index (χ0n) is 13.4. The Labute approximate surface area is 151 Å². The van der Waals surface area contributed by atoms with Crippen LogP contribution in [0.15, 0.2) is 29.4 Å². The molecule has 0 saturated heterocycles. The van der Waals surface area contributed by atoms with E-state index in [0.717, 1.165) is 54.4 Å². The average molecular weight is 378 g/mol. The molecule has 134 valence electrons. The molecule has 0 saturated carbocycles. The molecule has 0 aromatic carbocycles. The van der Waals surface area contributed by atoms with E-state index in [1.807, 2.05) is 6.07 Å². The van der Waals surface area contributed by atoms with Crippen molar-refractivity contribution in [1.82, 2.24) is 9.97 Å². The minimum Gasteiger partial charge on any atom is -0.310 e. The van der Waals surface area contributed by atoms with E-state index in [2.05, 4.69) is 21.4 Å². The van der Waals surface area contributed by atoms with E-state index in [0.29, 0.717) is 16.8 Å². The number of carbonyl (C=O) groups is 1. The normalized spacial score (nSPS) is 13.2. The lowest BCUT2D eigenvalue weighted by molar-refractivity contribution is -0.137. The van der Waals surface area contributed by atoms with E-state index < -0.39 is 17.6 Å². The number of aromatic nitrogens is 2. The number of aryl methyl sites for hydroxylation is 2. The van der Waals surface area contributed by atoms with Crippen molar-refractivity contribution in [2.75, 3.05) is 11.1 Å². The molecule has 1 N–H and O–H groups in total. The van der Waals surface area contributed by atoms with Crippen LogP contribution in [0.25, 0.3) is 0 Å². The topological polar surface area (TPSA) is 78.7 Å². The number of nitrogens with zero attached hydrogens (tertiary/aromatic N) is 3. The van der Waals surface area contributed by atoms with Gasteiger partial charge in [-0.05, 0) is 43.0 Å². The van der Waals surface area contributed by atoms with Crippen LogP contribution in [-0.4, -0.2) is 21.6 Å². The van der Waals surface area contributed by atoms with E-state index in [1.165, 1.54) is 0 Å². The first-order chi connectivity index (χ1) is 12.4. The van der Waals surface area contributed by atoms with E-state index in [4.69, 9.17) is 0 Å². The van der Waals surface area contributed by atoms with Crippen LogP contribution in [0, 0.1) is 11.3 Å². The summed E-state index contributed by atoms with van der Waals surface area (Å²) in [6.07, 6.45) is -1.05. The number of rotatable bonds is 4. The van der Waals surface area contributed by atoms with Crippen LogP contribution in [-0.2, 0) is 23.8 Å². The standard InChI is InChI=1S/C17H13F3N4OS/c18-17(19,20)12-4-5-14(22-8-12)24-15(25)9-26-16-11(7-21)6-10-2-1-3-13(10)23-16/h4-6,8H,1-3,9H2,(H,22,24,25). The third-order valence-corrected chi connectivity index (χ3v) is 4.83. The molecule has 1 amide bonds. The Hall–Kier alpha value is -2.60. The fourth-order valence-electron chi connectivity index (χ4n) is 2.59. The lowest BCUT2D eigenvalue weighted by atomic mass is 10.2. The van der Waals surface area contributed by atoms with Crippen molar-refractivity contribution in [3.8, 4) is 6.07 Å². The number of nitriles is 1. The second-order valence-electron chi connectivity index (χ2n) is 5.68. The fourth-order valence-corrected chi connectivity index (χ4v) is 3.37. The van der Waals surface area contributed by atoms with Crippen LogP contribution in [0.2, 0.25) is 0 Å². The van der Waals surface area contributed by atoms with Gasteiger partial charge in [-0.3, -0.25) is 4.79 Å². The summed E-state index contributed by atoms with van der Waals surface area (Å²) in [7, 11) is 0. The summed E-state index contributed by atoms with van der Waals surface area (Å²) in [6.45, 7) is 0. The van der Waals surface area contributed by atoms with Crippen molar-refractivity contribution in [3.63, 3.8) is 0 Å². The SMILES string of the molecule is N#Cc1cc2c(nc1SCC(=O)Nc1ccc(C(F)(F)F)cn1)CCC2. The number of thioether (sulfide) groups is 1. The molecule has 0 bridgehead atoms. The van der Waals surface area contributed by atoms with Gasteiger partial charge in [-0.1, -0.05) is 11.8 Å². The van der Waals surface area contributed by atoms with Gasteiger partial charge in [-0.2, -0.15) is 18.4 Å². The maximum absolute atomic E-state index is 12.5. The molecular weight excluding hydrogens is 365 g/mol. The molecule has 1 aliphatic rings. The maximum atomic E-state index is 12.5. The first kappa shape index (κ1) is 18.2. The van der Waals surface area contributed by atoms with Crippen molar-refractivity contribution in [2.45, 2.75) is 30.5 Å². The molecule has 2 aromatic rings. The minimum atomic E-state index is -4.47. The Morgan fingerprint density at radius 1 is 1.35 bits per heavy atom. The van der Waals surface area contributed by atoms with Gasteiger partial charge in [0.25, 0.3) is 0 Å². The molecule has 0 fully saturated rings. The van der Waals surface area contributed by atoms with Crippen LogP contribution in [0.1, 0.15) is 28.8 Å². The van der Waals surface area contributed by atoms with Crippen LogP contribution in [0.3, 0.4) is 0 Å². The second kappa shape index (κ2) is 7.33. The van der Waals surface area contributed by atoms with Gasteiger partial charge in [0, 0.05) is 11.9 Å². The Kier molecular flexibility index (Phi) is 5.13. The van der Waals surface area contributed by atoms with Crippen LogP contribution in [0.4, 0.5) is 19.0 Å². The number of hydrogen-bond donors (Lipinski definition) is 1. The second-order valence-corrected chi connectivity index (χ2v) is 6.64. The third-order valence-electron chi connectivity index (χ3n) is 3.83. The van der Waals surface area contributed by atoms with Gasteiger partial charge in [0.05, 0.1) is 16.9 Å².